The molecule has 0 saturated heterocycles. The van der Waals surface area contributed by atoms with Gasteiger partial charge in [-0.25, -0.2) is 13.8 Å². The van der Waals surface area contributed by atoms with Crippen molar-refractivity contribution in [3.63, 3.8) is 0 Å². The van der Waals surface area contributed by atoms with E-state index in [1.165, 1.54) is 6.07 Å². The van der Waals surface area contributed by atoms with Crippen molar-refractivity contribution >= 4 is 15.9 Å². The largest absolute Gasteiger partial charge is 0.305 e. The Balaban J connectivity index is 2.64. The van der Waals surface area contributed by atoms with Gasteiger partial charge in [-0.05, 0) is 28.1 Å². The maximum absolute atomic E-state index is 13.3. The summed E-state index contributed by atoms with van der Waals surface area (Å²) in [5.74, 6) is -2.04. The zero-order valence-electron chi connectivity index (χ0n) is 8.67. The van der Waals surface area contributed by atoms with Crippen molar-refractivity contribution in [3.8, 4) is 17.5 Å². The summed E-state index contributed by atoms with van der Waals surface area (Å²) in [5, 5.41) is 8.59. The van der Waals surface area contributed by atoms with E-state index < -0.39 is 17.2 Å². The molecule has 0 unspecified atom stereocenters. The number of aromatic nitrogens is 2. The van der Waals surface area contributed by atoms with Gasteiger partial charge in [-0.3, -0.25) is 4.79 Å². The van der Waals surface area contributed by atoms with Gasteiger partial charge in [0.2, 0.25) is 0 Å². The molecule has 4 nitrogen and oxygen atoms in total. The summed E-state index contributed by atoms with van der Waals surface area (Å²) in [7, 11) is 0. The van der Waals surface area contributed by atoms with Crippen LogP contribution in [0.3, 0.4) is 0 Å². The van der Waals surface area contributed by atoms with E-state index in [1.54, 1.807) is 6.07 Å². The summed E-state index contributed by atoms with van der Waals surface area (Å²) >= 11 is 2.89. The lowest BCUT2D eigenvalue weighted by Crippen LogP contribution is -2.12. The Kier molecular flexibility index (Phi) is 3.21. The number of rotatable bonds is 1. The fraction of sp³-hybridized carbons (Fsp3) is 0. The lowest BCUT2D eigenvalue weighted by Gasteiger charge is -2.05. The molecule has 0 atom stereocenters. The molecule has 0 bridgehead atoms. The van der Waals surface area contributed by atoms with E-state index in [0.29, 0.717) is 0 Å². The molecule has 1 heterocycles. The molecule has 0 radical (unpaired) electrons. The van der Waals surface area contributed by atoms with Crippen molar-refractivity contribution in [2.24, 2.45) is 0 Å². The average molecular weight is 312 g/mol. The summed E-state index contributed by atoms with van der Waals surface area (Å²) in [5.41, 5.74) is -0.605. The molecule has 0 aliphatic carbocycles. The van der Waals surface area contributed by atoms with Crippen molar-refractivity contribution in [2.45, 2.75) is 0 Å². The van der Waals surface area contributed by atoms with Gasteiger partial charge in [0.25, 0.3) is 5.56 Å². The van der Waals surface area contributed by atoms with E-state index in [0.717, 1.165) is 12.3 Å². The highest BCUT2D eigenvalue weighted by molar-refractivity contribution is 9.10. The molecule has 1 N–H and O–H groups in total. The first kappa shape index (κ1) is 12.4. The van der Waals surface area contributed by atoms with Crippen LogP contribution < -0.4 is 5.56 Å². The van der Waals surface area contributed by atoms with Crippen LogP contribution in [-0.2, 0) is 0 Å². The topological polar surface area (TPSA) is 69.5 Å². The van der Waals surface area contributed by atoms with Crippen molar-refractivity contribution in [1.82, 2.24) is 9.97 Å². The zero-order chi connectivity index (χ0) is 13.3. The van der Waals surface area contributed by atoms with Crippen LogP contribution in [0.1, 0.15) is 5.56 Å². The molecule has 0 aliphatic rings. The van der Waals surface area contributed by atoms with Crippen molar-refractivity contribution in [2.75, 3.05) is 0 Å². The molecule has 0 fully saturated rings. The van der Waals surface area contributed by atoms with Crippen molar-refractivity contribution < 1.29 is 8.78 Å². The number of nitrogens with zero attached hydrogens (tertiary/aromatic N) is 2. The van der Waals surface area contributed by atoms with Crippen LogP contribution in [0.25, 0.3) is 11.4 Å². The number of hydrogen-bond donors (Lipinski definition) is 1. The quantitative estimate of drug-likeness (QED) is 0.822. The number of H-pyrrole nitrogens is 1. The molecule has 0 amide bonds. The SMILES string of the molecule is N#Cc1cnc(-c2ccc(F)c(F)c2Br)[nH]c1=O. The third kappa shape index (κ3) is 2.02. The highest BCUT2D eigenvalue weighted by atomic mass is 79.9. The van der Waals surface area contributed by atoms with Gasteiger partial charge in [-0.2, -0.15) is 5.26 Å². The van der Waals surface area contributed by atoms with Gasteiger partial charge in [0.05, 0.1) is 10.7 Å². The highest BCUT2D eigenvalue weighted by Crippen LogP contribution is 2.28. The number of hydrogen-bond acceptors (Lipinski definition) is 3. The van der Waals surface area contributed by atoms with Crippen molar-refractivity contribution in [3.05, 3.63) is 50.4 Å². The molecular formula is C11H4BrF2N3O. The van der Waals surface area contributed by atoms with Gasteiger partial charge in [-0.15, -0.1) is 0 Å². The maximum Gasteiger partial charge on any atom is 0.269 e. The first-order valence-corrected chi connectivity index (χ1v) is 5.47. The van der Waals surface area contributed by atoms with Gasteiger partial charge in [0.15, 0.2) is 11.6 Å². The molecule has 1 aromatic carbocycles. The monoisotopic (exact) mass is 311 g/mol. The van der Waals surface area contributed by atoms with Gasteiger partial charge in [-0.1, -0.05) is 0 Å². The number of nitrogens with one attached hydrogen (secondary N) is 1. The standard InChI is InChI=1S/C11H4BrF2N3O/c12-8-6(1-2-7(13)9(8)14)10-16-4-5(3-15)11(18)17-10/h1-2,4H,(H,16,17,18). The molecular weight excluding hydrogens is 308 g/mol. The summed E-state index contributed by atoms with van der Waals surface area (Å²) in [4.78, 5) is 17.5. The van der Waals surface area contributed by atoms with E-state index >= 15 is 0 Å². The predicted octanol–water partition coefficient (Wildman–Crippen LogP) is 2.35. The average Bonchev–Trinajstić information content (AvgIpc) is 2.36. The molecule has 2 aromatic rings. The van der Waals surface area contributed by atoms with Crippen LogP contribution in [0.5, 0.6) is 0 Å². The van der Waals surface area contributed by atoms with Crippen LogP contribution >= 0.6 is 15.9 Å². The minimum atomic E-state index is -1.07. The Morgan fingerprint density at radius 1 is 1.39 bits per heavy atom. The Bertz CT molecular complexity index is 721. The van der Waals surface area contributed by atoms with Crippen LogP contribution in [-0.4, -0.2) is 9.97 Å². The van der Waals surface area contributed by atoms with E-state index in [1.807, 2.05) is 0 Å². The Labute approximate surface area is 108 Å². The highest BCUT2D eigenvalue weighted by Gasteiger charge is 2.14. The van der Waals surface area contributed by atoms with E-state index in [2.05, 4.69) is 25.9 Å². The normalized spacial score (nSPS) is 10.1. The molecule has 0 spiro atoms. The number of nitriles is 1. The third-order valence-electron chi connectivity index (χ3n) is 2.21. The number of aromatic amines is 1. The fourth-order valence-electron chi connectivity index (χ4n) is 1.32. The minimum absolute atomic E-state index is 0.0461. The van der Waals surface area contributed by atoms with E-state index in [-0.39, 0.29) is 21.4 Å². The number of halogens is 3. The lowest BCUT2D eigenvalue weighted by molar-refractivity contribution is 0.504. The maximum atomic E-state index is 13.3. The van der Waals surface area contributed by atoms with Crippen LogP contribution in [0.2, 0.25) is 0 Å². The lowest BCUT2D eigenvalue weighted by atomic mass is 10.2. The van der Waals surface area contributed by atoms with Crippen LogP contribution in [0, 0.1) is 23.0 Å². The second-order valence-corrected chi connectivity index (χ2v) is 4.10. The second kappa shape index (κ2) is 4.66. The molecule has 7 heteroatoms. The Morgan fingerprint density at radius 3 is 2.72 bits per heavy atom. The van der Waals surface area contributed by atoms with Gasteiger partial charge in [0.1, 0.15) is 17.5 Å². The smallest absolute Gasteiger partial charge is 0.269 e. The third-order valence-corrected chi connectivity index (χ3v) is 2.99. The molecule has 0 saturated carbocycles. The Morgan fingerprint density at radius 2 is 2.11 bits per heavy atom. The minimum Gasteiger partial charge on any atom is -0.305 e. The summed E-state index contributed by atoms with van der Waals surface area (Å²) < 4.78 is 26.1. The fourth-order valence-corrected chi connectivity index (χ4v) is 1.83. The van der Waals surface area contributed by atoms with E-state index in [4.69, 9.17) is 5.26 Å². The van der Waals surface area contributed by atoms with Gasteiger partial charge in [0, 0.05) is 5.56 Å². The molecule has 0 aliphatic heterocycles. The molecule has 2 rings (SSSR count). The number of benzene rings is 1. The summed E-state index contributed by atoms with van der Waals surface area (Å²) in [6.45, 7) is 0. The predicted molar refractivity (Wildman–Crippen MR) is 62.6 cm³/mol. The van der Waals surface area contributed by atoms with E-state index in [9.17, 15) is 13.6 Å². The molecule has 90 valence electrons. The summed E-state index contributed by atoms with van der Waals surface area (Å²) in [6, 6.07) is 3.85. The Hall–Kier alpha value is -2.07. The second-order valence-electron chi connectivity index (χ2n) is 3.31. The van der Waals surface area contributed by atoms with Gasteiger partial charge < -0.3 is 4.98 Å². The molecule has 18 heavy (non-hydrogen) atoms. The van der Waals surface area contributed by atoms with Crippen molar-refractivity contribution in [1.29, 1.82) is 5.26 Å². The van der Waals surface area contributed by atoms with Crippen LogP contribution in [0.15, 0.2) is 27.6 Å². The zero-order valence-corrected chi connectivity index (χ0v) is 10.3. The first-order valence-electron chi connectivity index (χ1n) is 4.68. The first-order chi connectivity index (χ1) is 8.54. The molecule has 1 aromatic heterocycles. The van der Waals surface area contributed by atoms with Gasteiger partial charge >= 0.3 is 0 Å². The van der Waals surface area contributed by atoms with Crippen LogP contribution in [0.4, 0.5) is 8.78 Å². The summed E-state index contributed by atoms with van der Waals surface area (Å²) in [6.07, 6.45) is 1.07.